The average Bonchev–Trinajstić information content (AvgIpc) is 2.52. The highest BCUT2D eigenvalue weighted by Crippen LogP contribution is 2.23. The zero-order valence-corrected chi connectivity index (χ0v) is 14.1. The van der Waals surface area contributed by atoms with Crippen molar-refractivity contribution in [2.75, 3.05) is 34.4 Å². The van der Waals surface area contributed by atoms with Gasteiger partial charge < -0.3 is 19.7 Å². The molecule has 2 amide bonds. The van der Waals surface area contributed by atoms with Crippen LogP contribution in [0.25, 0.3) is 0 Å². The van der Waals surface area contributed by atoms with Crippen molar-refractivity contribution >= 4 is 33.7 Å². The van der Waals surface area contributed by atoms with Crippen LogP contribution in [-0.4, -0.2) is 57.0 Å². The Morgan fingerprint density at radius 1 is 1.32 bits per heavy atom. The highest BCUT2D eigenvalue weighted by Gasteiger charge is 2.17. The second kappa shape index (κ2) is 8.38. The predicted octanol–water partition coefficient (Wildman–Crippen LogP) is 0.819. The van der Waals surface area contributed by atoms with E-state index < -0.39 is 18.5 Å². The van der Waals surface area contributed by atoms with Gasteiger partial charge in [-0.3, -0.25) is 9.59 Å². The van der Waals surface area contributed by atoms with Gasteiger partial charge in [-0.2, -0.15) is 0 Å². The van der Waals surface area contributed by atoms with E-state index in [1.54, 1.807) is 12.1 Å². The topological polar surface area (TPSA) is 84.9 Å². The van der Waals surface area contributed by atoms with E-state index in [0.29, 0.717) is 10.2 Å². The highest BCUT2D eigenvalue weighted by atomic mass is 79.9. The van der Waals surface area contributed by atoms with Gasteiger partial charge >= 0.3 is 5.97 Å². The number of benzene rings is 1. The minimum absolute atomic E-state index is 0.101. The van der Waals surface area contributed by atoms with Crippen molar-refractivity contribution in [2.24, 2.45) is 0 Å². The third-order valence-electron chi connectivity index (χ3n) is 2.81. The fraction of sp³-hybridized carbons (Fsp3) is 0.357. The number of esters is 1. The summed E-state index contributed by atoms with van der Waals surface area (Å²) in [5, 5.41) is 2.40. The van der Waals surface area contributed by atoms with E-state index in [-0.39, 0.29) is 18.0 Å². The molecule has 0 heterocycles. The Balaban J connectivity index is 2.62. The minimum atomic E-state index is -0.660. The molecule has 0 fully saturated rings. The molecule has 0 aliphatic carbocycles. The van der Waals surface area contributed by atoms with Crippen LogP contribution in [-0.2, 0) is 14.3 Å². The number of nitrogens with one attached hydrogen (secondary N) is 1. The first-order valence-corrected chi connectivity index (χ1v) is 7.13. The maximum absolute atomic E-state index is 12.0. The Morgan fingerprint density at radius 2 is 2.00 bits per heavy atom. The number of ether oxygens (including phenoxy) is 2. The summed E-state index contributed by atoms with van der Waals surface area (Å²) in [6, 6.07) is 4.84. The van der Waals surface area contributed by atoms with Gasteiger partial charge in [0.1, 0.15) is 5.75 Å². The summed E-state index contributed by atoms with van der Waals surface area (Å²) in [7, 11) is 4.41. The van der Waals surface area contributed by atoms with Crippen molar-refractivity contribution in [1.29, 1.82) is 0 Å². The molecule has 120 valence electrons. The van der Waals surface area contributed by atoms with Gasteiger partial charge in [0.15, 0.2) is 6.61 Å². The minimum Gasteiger partial charge on any atom is -0.497 e. The van der Waals surface area contributed by atoms with E-state index >= 15 is 0 Å². The summed E-state index contributed by atoms with van der Waals surface area (Å²) in [6.07, 6.45) is 0. The van der Waals surface area contributed by atoms with E-state index in [1.807, 2.05) is 0 Å². The highest BCUT2D eigenvalue weighted by molar-refractivity contribution is 9.10. The molecule has 0 aliphatic rings. The molecule has 0 unspecified atom stereocenters. The normalized spacial score (nSPS) is 9.82. The Hall–Kier alpha value is -2.09. The molecule has 7 nitrogen and oxygen atoms in total. The number of methoxy groups -OCH3 is 1. The van der Waals surface area contributed by atoms with E-state index in [4.69, 9.17) is 9.47 Å². The molecule has 0 aliphatic heterocycles. The Bertz CT molecular complexity index is 576. The molecule has 1 N–H and O–H groups in total. The molecule has 1 aromatic carbocycles. The molecule has 22 heavy (non-hydrogen) atoms. The lowest BCUT2D eigenvalue weighted by Crippen LogP contribution is -2.39. The van der Waals surface area contributed by atoms with Crippen molar-refractivity contribution in [3.05, 3.63) is 28.2 Å². The fourth-order valence-corrected chi connectivity index (χ4v) is 1.89. The van der Waals surface area contributed by atoms with Crippen molar-refractivity contribution in [3.8, 4) is 5.75 Å². The fourth-order valence-electron chi connectivity index (χ4n) is 1.49. The molecule has 1 rings (SSSR count). The lowest BCUT2D eigenvalue weighted by atomic mass is 10.2. The summed E-state index contributed by atoms with van der Waals surface area (Å²) in [4.78, 5) is 36.1. The van der Waals surface area contributed by atoms with Gasteiger partial charge in [-0.05, 0) is 34.1 Å². The van der Waals surface area contributed by atoms with Crippen LogP contribution in [0, 0.1) is 0 Å². The Labute approximate surface area is 136 Å². The second-order valence-electron chi connectivity index (χ2n) is 4.34. The number of amides is 2. The van der Waals surface area contributed by atoms with Crippen molar-refractivity contribution in [2.45, 2.75) is 0 Å². The summed E-state index contributed by atoms with van der Waals surface area (Å²) >= 11 is 3.23. The van der Waals surface area contributed by atoms with E-state index in [9.17, 15) is 14.4 Å². The lowest BCUT2D eigenvalue weighted by molar-refractivity contribution is -0.137. The third kappa shape index (κ3) is 5.03. The van der Waals surface area contributed by atoms with Crippen LogP contribution in [0.3, 0.4) is 0 Å². The number of rotatable bonds is 6. The van der Waals surface area contributed by atoms with Gasteiger partial charge in [0.25, 0.3) is 5.91 Å². The van der Waals surface area contributed by atoms with Crippen LogP contribution in [0.15, 0.2) is 22.7 Å². The van der Waals surface area contributed by atoms with Gasteiger partial charge in [0.2, 0.25) is 5.91 Å². The molecule has 0 bridgehead atoms. The summed E-state index contributed by atoms with van der Waals surface area (Å²) in [5.74, 6) is -0.945. The Morgan fingerprint density at radius 3 is 2.59 bits per heavy atom. The molecule has 8 heteroatoms. The Kier molecular flexibility index (Phi) is 6.84. The standard InChI is InChI=1S/C14H17BrN2O5/c1-16-12(18)7-17(2)13(19)8-22-14(20)10-6-9(21-3)4-5-11(10)15/h4-6H,7-8H2,1-3H3,(H,16,18). The van der Waals surface area contributed by atoms with Crippen LogP contribution >= 0.6 is 15.9 Å². The molecule has 0 saturated heterocycles. The van der Waals surface area contributed by atoms with Gasteiger partial charge in [-0.25, -0.2) is 4.79 Å². The molecule has 0 aromatic heterocycles. The summed E-state index contributed by atoms with van der Waals surface area (Å²) in [5.41, 5.74) is 0.251. The SMILES string of the molecule is CNC(=O)CN(C)C(=O)COC(=O)c1cc(OC)ccc1Br. The number of hydrogen-bond donors (Lipinski definition) is 1. The van der Waals surface area contributed by atoms with Crippen LogP contribution in [0.2, 0.25) is 0 Å². The number of carbonyl (C=O) groups excluding carboxylic acids is 3. The average molecular weight is 373 g/mol. The molecule has 0 saturated carbocycles. The van der Waals surface area contributed by atoms with E-state index in [1.165, 1.54) is 32.2 Å². The van der Waals surface area contributed by atoms with Gasteiger partial charge in [-0.1, -0.05) is 0 Å². The van der Waals surface area contributed by atoms with Crippen molar-refractivity contribution < 1.29 is 23.9 Å². The molecular formula is C14H17BrN2O5. The first-order valence-electron chi connectivity index (χ1n) is 6.34. The number of hydrogen-bond acceptors (Lipinski definition) is 5. The third-order valence-corrected chi connectivity index (χ3v) is 3.50. The van der Waals surface area contributed by atoms with Gasteiger partial charge in [0.05, 0.1) is 19.2 Å². The number of carbonyl (C=O) groups is 3. The largest absolute Gasteiger partial charge is 0.497 e. The number of likely N-dealkylation sites (N-methyl/N-ethyl adjacent to an activating group) is 2. The van der Waals surface area contributed by atoms with Crippen LogP contribution in [0.1, 0.15) is 10.4 Å². The quantitative estimate of drug-likeness (QED) is 0.747. The molecule has 0 atom stereocenters. The maximum atomic E-state index is 12.0. The maximum Gasteiger partial charge on any atom is 0.339 e. The van der Waals surface area contributed by atoms with E-state index in [2.05, 4.69) is 21.2 Å². The molecule has 0 spiro atoms. The number of halogens is 1. The monoisotopic (exact) mass is 372 g/mol. The number of nitrogens with zero attached hydrogens (tertiary/aromatic N) is 1. The predicted molar refractivity (Wildman–Crippen MR) is 82.7 cm³/mol. The lowest BCUT2D eigenvalue weighted by Gasteiger charge is -2.16. The smallest absolute Gasteiger partial charge is 0.339 e. The van der Waals surface area contributed by atoms with Crippen LogP contribution in [0.5, 0.6) is 5.75 Å². The van der Waals surface area contributed by atoms with Crippen LogP contribution < -0.4 is 10.1 Å². The summed E-state index contributed by atoms with van der Waals surface area (Å²) < 4.78 is 10.5. The van der Waals surface area contributed by atoms with Crippen LogP contribution in [0.4, 0.5) is 0 Å². The summed E-state index contributed by atoms with van der Waals surface area (Å²) in [6.45, 7) is -0.550. The van der Waals surface area contributed by atoms with Gasteiger partial charge in [0, 0.05) is 18.6 Å². The van der Waals surface area contributed by atoms with Crippen molar-refractivity contribution in [3.63, 3.8) is 0 Å². The molecule has 1 aromatic rings. The second-order valence-corrected chi connectivity index (χ2v) is 5.20. The molecule has 0 radical (unpaired) electrons. The molecular weight excluding hydrogens is 356 g/mol. The van der Waals surface area contributed by atoms with E-state index in [0.717, 1.165) is 0 Å². The zero-order valence-electron chi connectivity index (χ0n) is 12.5. The zero-order chi connectivity index (χ0) is 16.7. The first kappa shape index (κ1) is 18.0. The van der Waals surface area contributed by atoms with Gasteiger partial charge in [-0.15, -0.1) is 0 Å². The first-order chi connectivity index (χ1) is 10.4. The van der Waals surface area contributed by atoms with Crippen molar-refractivity contribution in [1.82, 2.24) is 10.2 Å².